The Morgan fingerprint density at radius 2 is 1.76 bits per heavy atom. The highest BCUT2D eigenvalue weighted by Gasteiger charge is 2.13. The fourth-order valence-corrected chi connectivity index (χ4v) is 2.55. The molecule has 0 spiro atoms. The van der Waals surface area contributed by atoms with Gasteiger partial charge in [0.15, 0.2) is 0 Å². The summed E-state index contributed by atoms with van der Waals surface area (Å²) < 4.78 is 0. The fraction of sp³-hybridized carbons (Fsp3) is 0.158. The van der Waals surface area contributed by atoms with Gasteiger partial charge in [-0.15, -0.1) is 0 Å². The quantitative estimate of drug-likeness (QED) is 0.660. The van der Waals surface area contributed by atoms with Crippen LogP contribution in [-0.2, 0) is 6.42 Å². The summed E-state index contributed by atoms with van der Waals surface area (Å²) in [5.74, 6) is -0.0187. The smallest absolute Gasteiger partial charge is 0.211 e. The van der Waals surface area contributed by atoms with Gasteiger partial charge in [-0.3, -0.25) is 9.78 Å². The Bertz CT molecular complexity index is 770. The number of benzene rings is 2. The van der Waals surface area contributed by atoms with Crippen LogP contribution >= 0.6 is 0 Å². The molecule has 0 saturated heterocycles. The van der Waals surface area contributed by atoms with E-state index in [0.29, 0.717) is 11.3 Å². The van der Waals surface area contributed by atoms with Gasteiger partial charge in [-0.1, -0.05) is 61.9 Å². The summed E-state index contributed by atoms with van der Waals surface area (Å²) in [5.41, 5.74) is 2.48. The maximum atomic E-state index is 12.7. The summed E-state index contributed by atoms with van der Waals surface area (Å²) in [4.78, 5) is 17.0. The van der Waals surface area contributed by atoms with Gasteiger partial charge < -0.3 is 0 Å². The molecule has 3 aromatic rings. The first kappa shape index (κ1) is 13.5. The van der Waals surface area contributed by atoms with Gasteiger partial charge in [-0.05, 0) is 23.4 Å². The zero-order valence-electron chi connectivity index (χ0n) is 12.0. The van der Waals surface area contributed by atoms with Crippen molar-refractivity contribution in [2.45, 2.75) is 19.8 Å². The number of pyridine rings is 1. The van der Waals surface area contributed by atoms with Crippen molar-refractivity contribution in [1.29, 1.82) is 0 Å². The molecule has 0 aliphatic rings. The molecule has 104 valence electrons. The van der Waals surface area contributed by atoms with Gasteiger partial charge in [-0.25, -0.2) is 0 Å². The van der Waals surface area contributed by atoms with Crippen molar-refractivity contribution >= 4 is 16.6 Å². The third-order valence-electron chi connectivity index (χ3n) is 3.64. The monoisotopic (exact) mass is 275 g/mol. The molecule has 2 nitrogen and oxygen atoms in total. The minimum Gasteiger partial charge on any atom is -0.287 e. The number of fused-ring (bicyclic) bond motifs is 1. The van der Waals surface area contributed by atoms with E-state index >= 15 is 0 Å². The van der Waals surface area contributed by atoms with Crippen LogP contribution in [0.5, 0.6) is 0 Å². The van der Waals surface area contributed by atoms with Crippen LogP contribution in [0, 0.1) is 0 Å². The van der Waals surface area contributed by atoms with E-state index < -0.39 is 0 Å². The molecule has 0 bridgehead atoms. The van der Waals surface area contributed by atoms with Gasteiger partial charge in [0.25, 0.3) is 0 Å². The number of aromatic nitrogens is 1. The van der Waals surface area contributed by atoms with Crippen LogP contribution in [-0.4, -0.2) is 10.8 Å². The fourth-order valence-electron chi connectivity index (χ4n) is 2.55. The highest BCUT2D eigenvalue weighted by molar-refractivity contribution is 6.14. The highest BCUT2D eigenvalue weighted by atomic mass is 16.1. The van der Waals surface area contributed by atoms with Crippen LogP contribution in [0.2, 0.25) is 0 Å². The molecule has 21 heavy (non-hydrogen) atoms. The molecule has 0 amide bonds. The number of nitrogens with zero attached hydrogens (tertiary/aromatic N) is 1. The van der Waals surface area contributed by atoms with Crippen LogP contribution in [0.1, 0.15) is 35.0 Å². The molecule has 1 aromatic heterocycles. The molecule has 0 aliphatic carbocycles. The molecule has 0 fully saturated rings. The lowest BCUT2D eigenvalue weighted by molar-refractivity contribution is 0.103. The number of hydrogen-bond donors (Lipinski definition) is 0. The van der Waals surface area contributed by atoms with E-state index in [1.54, 1.807) is 6.20 Å². The van der Waals surface area contributed by atoms with Crippen LogP contribution in [0.3, 0.4) is 0 Å². The summed E-state index contributed by atoms with van der Waals surface area (Å²) in [5, 5.41) is 1.95. The molecule has 0 unspecified atom stereocenters. The van der Waals surface area contributed by atoms with E-state index in [-0.39, 0.29) is 5.78 Å². The Morgan fingerprint density at radius 3 is 2.52 bits per heavy atom. The standard InChI is InChI=1S/C19H17NO/c1-2-5-14-8-10-16(11-9-14)19(21)18-17-7-4-3-6-15(17)12-13-20-18/h3-4,6-13H,2,5H2,1H3. The van der Waals surface area contributed by atoms with E-state index in [1.165, 1.54) is 5.56 Å². The second kappa shape index (κ2) is 5.88. The van der Waals surface area contributed by atoms with Gasteiger partial charge in [0.1, 0.15) is 5.69 Å². The number of rotatable bonds is 4. The Morgan fingerprint density at radius 1 is 1.00 bits per heavy atom. The van der Waals surface area contributed by atoms with Gasteiger partial charge in [-0.2, -0.15) is 0 Å². The molecule has 0 N–H and O–H groups in total. The predicted molar refractivity (Wildman–Crippen MR) is 85.6 cm³/mol. The Hall–Kier alpha value is -2.48. The largest absolute Gasteiger partial charge is 0.287 e. The number of ketones is 1. The molecule has 1 heterocycles. The van der Waals surface area contributed by atoms with Crippen molar-refractivity contribution in [1.82, 2.24) is 4.98 Å². The zero-order valence-corrected chi connectivity index (χ0v) is 12.0. The van der Waals surface area contributed by atoms with Crippen molar-refractivity contribution in [2.75, 3.05) is 0 Å². The predicted octanol–water partition coefficient (Wildman–Crippen LogP) is 4.42. The third-order valence-corrected chi connectivity index (χ3v) is 3.64. The first-order chi connectivity index (χ1) is 10.3. The Kier molecular flexibility index (Phi) is 3.78. The molecule has 0 radical (unpaired) electrons. The van der Waals surface area contributed by atoms with Crippen molar-refractivity contribution in [3.05, 3.63) is 77.6 Å². The van der Waals surface area contributed by atoms with E-state index in [2.05, 4.69) is 11.9 Å². The number of hydrogen-bond acceptors (Lipinski definition) is 2. The molecule has 2 aromatic carbocycles. The molecule has 0 aliphatic heterocycles. The first-order valence-corrected chi connectivity index (χ1v) is 7.27. The number of carbonyl (C=O) groups is 1. The normalized spacial score (nSPS) is 10.7. The Labute approximate surface area is 124 Å². The summed E-state index contributed by atoms with van der Waals surface area (Å²) in [6, 6.07) is 17.6. The SMILES string of the molecule is CCCc1ccc(C(=O)c2nccc3ccccc23)cc1. The molecule has 3 rings (SSSR count). The molecule has 2 heteroatoms. The minimum absolute atomic E-state index is 0.0187. The third kappa shape index (κ3) is 2.70. The van der Waals surface area contributed by atoms with Crippen LogP contribution in [0.15, 0.2) is 60.8 Å². The molecular weight excluding hydrogens is 258 g/mol. The topological polar surface area (TPSA) is 30.0 Å². The Balaban J connectivity index is 2.00. The van der Waals surface area contributed by atoms with E-state index in [4.69, 9.17) is 0 Å². The summed E-state index contributed by atoms with van der Waals surface area (Å²) in [6.07, 6.45) is 3.85. The van der Waals surface area contributed by atoms with Gasteiger partial charge in [0.2, 0.25) is 5.78 Å². The molecular formula is C19H17NO. The van der Waals surface area contributed by atoms with Crippen molar-refractivity contribution in [2.24, 2.45) is 0 Å². The van der Waals surface area contributed by atoms with Gasteiger partial charge in [0, 0.05) is 17.1 Å². The lowest BCUT2D eigenvalue weighted by Crippen LogP contribution is -2.05. The van der Waals surface area contributed by atoms with E-state index in [9.17, 15) is 4.79 Å². The average Bonchev–Trinajstić information content (AvgIpc) is 2.55. The van der Waals surface area contributed by atoms with Crippen LogP contribution in [0.4, 0.5) is 0 Å². The number of carbonyl (C=O) groups excluding carboxylic acids is 1. The molecule has 0 atom stereocenters. The first-order valence-electron chi connectivity index (χ1n) is 7.27. The van der Waals surface area contributed by atoms with Gasteiger partial charge in [0.05, 0.1) is 0 Å². The zero-order chi connectivity index (χ0) is 14.7. The van der Waals surface area contributed by atoms with Crippen LogP contribution < -0.4 is 0 Å². The second-order valence-corrected chi connectivity index (χ2v) is 5.16. The summed E-state index contributed by atoms with van der Waals surface area (Å²) in [6.45, 7) is 2.15. The van der Waals surface area contributed by atoms with Crippen LogP contribution in [0.25, 0.3) is 10.8 Å². The average molecular weight is 275 g/mol. The minimum atomic E-state index is -0.0187. The molecule has 0 saturated carbocycles. The summed E-state index contributed by atoms with van der Waals surface area (Å²) >= 11 is 0. The van der Waals surface area contributed by atoms with Gasteiger partial charge >= 0.3 is 0 Å². The van der Waals surface area contributed by atoms with E-state index in [1.807, 2.05) is 54.6 Å². The van der Waals surface area contributed by atoms with E-state index in [0.717, 1.165) is 23.6 Å². The van der Waals surface area contributed by atoms with Crippen molar-refractivity contribution < 1.29 is 4.79 Å². The van der Waals surface area contributed by atoms with Crippen molar-refractivity contribution in [3.8, 4) is 0 Å². The van der Waals surface area contributed by atoms with Crippen molar-refractivity contribution in [3.63, 3.8) is 0 Å². The summed E-state index contributed by atoms with van der Waals surface area (Å²) in [7, 11) is 0. The lowest BCUT2D eigenvalue weighted by Gasteiger charge is -2.06. The lowest BCUT2D eigenvalue weighted by atomic mass is 10.0. The highest BCUT2D eigenvalue weighted by Crippen LogP contribution is 2.19. The maximum Gasteiger partial charge on any atom is 0.211 e. The maximum absolute atomic E-state index is 12.7. The second-order valence-electron chi connectivity index (χ2n) is 5.16. The number of aryl methyl sites for hydroxylation is 1.